The molecule has 1 aliphatic heterocycles. The number of urea groups is 1. The van der Waals surface area contributed by atoms with Gasteiger partial charge in [-0.15, -0.1) is 0 Å². The third-order valence-electron chi connectivity index (χ3n) is 3.97. The molecule has 2 N–H and O–H groups in total. The van der Waals surface area contributed by atoms with Crippen molar-refractivity contribution < 1.29 is 9.90 Å². The molecule has 2 rings (SSSR count). The second kappa shape index (κ2) is 7.29. The third kappa shape index (κ3) is 4.23. The Labute approximate surface area is 120 Å². The van der Waals surface area contributed by atoms with Crippen molar-refractivity contribution in [1.29, 1.82) is 0 Å². The molecule has 2 unspecified atom stereocenters. The number of aliphatic hydroxyl groups excluding tert-OH is 1. The molecule has 4 nitrogen and oxygen atoms in total. The van der Waals surface area contributed by atoms with E-state index in [1.165, 1.54) is 5.56 Å². The first-order chi connectivity index (χ1) is 9.66. The maximum Gasteiger partial charge on any atom is 0.317 e. The number of carbonyl (C=O) groups excluding carboxylic acids is 1. The van der Waals surface area contributed by atoms with E-state index in [2.05, 4.69) is 17.4 Å². The van der Waals surface area contributed by atoms with E-state index in [9.17, 15) is 9.90 Å². The van der Waals surface area contributed by atoms with Crippen molar-refractivity contribution in [2.75, 3.05) is 19.6 Å². The van der Waals surface area contributed by atoms with Crippen LogP contribution in [0.2, 0.25) is 0 Å². The molecule has 2 amide bonds. The zero-order valence-corrected chi connectivity index (χ0v) is 12.1. The molecule has 0 aliphatic carbocycles. The molecule has 0 spiro atoms. The topological polar surface area (TPSA) is 52.6 Å². The van der Waals surface area contributed by atoms with Crippen molar-refractivity contribution >= 4 is 6.03 Å². The van der Waals surface area contributed by atoms with Crippen LogP contribution < -0.4 is 5.32 Å². The molecule has 1 aliphatic rings. The average molecular weight is 276 g/mol. The first-order valence-electron chi connectivity index (χ1n) is 7.41. The van der Waals surface area contributed by atoms with Crippen LogP contribution in [0.4, 0.5) is 4.79 Å². The van der Waals surface area contributed by atoms with E-state index in [0.717, 1.165) is 25.8 Å². The summed E-state index contributed by atoms with van der Waals surface area (Å²) in [5, 5.41) is 12.7. The second-order valence-electron chi connectivity index (χ2n) is 5.60. The van der Waals surface area contributed by atoms with E-state index in [4.69, 9.17) is 0 Å². The Kier molecular flexibility index (Phi) is 5.41. The molecule has 2 atom stereocenters. The van der Waals surface area contributed by atoms with Gasteiger partial charge < -0.3 is 15.3 Å². The zero-order chi connectivity index (χ0) is 14.4. The van der Waals surface area contributed by atoms with Gasteiger partial charge in [-0.05, 0) is 30.7 Å². The van der Waals surface area contributed by atoms with E-state index in [0.29, 0.717) is 13.1 Å². The van der Waals surface area contributed by atoms with Crippen LogP contribution in [0.1, 0.15) is 25.3 Å². The Balaban J connectivity index is 1.65. The number of carbonyl (C=O) groups is 1. The lowest BCUT2D eigenvalue weighted by atomic mass is 9.96. The van der Waals surface area contributed by atoms with Crippen molar-refractivity contribution in [2.45, 2.75) is 32.3 Å². The highest BCUT2D eigenvalue weighted by atomic mass is 16.3. The van der Waals surface area contributed by atoms with E-state index in [1.807, 2.05) is 25.1 Å². The smallest absolute Gasteiger partial charge is 0.317 e. The van der Waals surface area contributed by atoms with Crippen LogP contribution in [0, 0.1) is 5.92 Å². The summed E-state index contributed by atoms with van der Waals surface area (Å²) in [4.78, 5) is 13.7. The molecule has 1 fully saturated rings. The van der Waals surface area contributed by atoms with Gasteiger partial charge in [0.2, 0.25) is 0 Å². The van der Waals surface area contributed by atoms with Crippen molar-refractivity contribution in [3.8, 4) is 0 Å². The lowest BCUT2D eigenvalue weighted by Crippen LogP contribution is -2.49. The molecule has 0 radical (unpaired) electrons. The summed E-state index contributed by atoms with van der Waals surface area (Å²) >= 11 is 0. The molecule has 1 aromatic rings. The SMILES string of the molecule is CC1CCN(C(=O)NCCCc2ccccc2)CC1O. The van der Waals surface area contributed by atoms with E-state index < -0.39 is 0 Å². The predicted molar refractivity (Wildman–Crippen MR) is 79.5 cm³/mol. The van der Waals surface area contributed by atoms with Crippen LogP contribution in [0.3, 0.4) is 0 Å². The molecule has 4 heteroatoms. The fourth-order valence-electron chi connectivity index (χ4n) is 2.48. The summed E-state index contributed by atoms with van der Waals surface area (Å²) in [6.07, 6.45) is 2.39. The van der Waals surface area contributed by atoms with Gasteiger partial charge in [0.15, 0.2) is 0 Å². The Hall–Kier alpha value is -1.55. The molecule has 0 bridgehead atoms. The molecule has 110 valence electrons. The number of benzene rings is 1. The summed E-state index contributed by atoms with van der Waals surface area (Å²) in [6, 6.07) is 10.2. The van der Waals surface area contributed by atoms with E-state index >= 15 is 0 Å². The van der Waals surface area contributed by atoms with Crippen molar-refractivity contribution in [2.24, 2.45) is 5.92 Å². The Morgan fingerprint density at radius 2 is 2.15 bits per heavy atom. The number of aryl methyl sites for hydroxylation is 1. The maximum absolute atomic E-state index is 12.0. The highest BCUT2D eigenvalue weighted by Gasteiger charge is 2.26. The van der Waals surface area contributed by atoms with Gasteiger partial charge in [-0.2, -0.15) is 0 Å². The quantitative estimate of drug-likeness (QED) is 0.827. The number of hydrogen-bond donors (Lipinski definition) is 2. The summed E-state index contributed by atoms with van der Waals surface area (Å²) in [6.45, 7) is 3.89. The minimum atomic E-state index is -0.390. The van der Waals surface area contributed by atoms with Crippen molar-refractivity contribution in [1.82, 2.24) is 10.2 Å². The maximum atomic E-state index is 12.0. The summed E-state index contributed by atoms with van der Waals surface area (Å²) in [5.74, 6) is 0.289. The fraction of sp³-hybridized carbons (Fsp3) is 0.562. The van der Waals surface area contributed by atoms with Gasteiger partial charge in [-0.1, -0.05) is 37.3 Å². The monoisotopic (exact) mass is 276 g/mol. The van der Waals surface area contributed by atoms with Crippen molar-refractivity contribution in [3.05, 3.63) is 35.9 Å². The number of rotatable bonds is 4. The van der Waals surface area contributed by atoms with Crippen LogP contribution in [0.15, 0.2) is 30.3 Å². The number of piperidine rings is 1. The number of β-amino-alcohol motifs (C(OH)–C–C–N with tert-alkyl or cyclic N) is 1. The molecule has 1 saturated heterocycles. The standard InChI is InChI=1S/C16H24N2O2/c1-13-9-11-18(12-15(13)19)16(20)17-10-5-8-14-6-3-2-4-7-14/h2-4,6-7,13,15,19H,5,8-12H2,1H3,(H,17,20). The third-order valence-corrected chi connectivity index (χ3v) is 3.97. The Morgan fingerprint density at radius 1 is 1.40 bits per heavy atom. The Bertz CT molecular complexity index is 422. The Morgan fingerprint density at radius 3 is 2.85 bits per heavy atom. The lowest BCUT2D eigenvalue weighted by molar-refractivity contribution is 0.0436. The normalized spacial score (nSPS) is 22.6. The largest absolute Gasteiger partial charge is 0.391 e. The molecule has 1 heterocycles. The second-order valence-corrected chi connectivity index (χ2v) is 5.60. The first kappa shape index (κ1) is 14.9. The van der Waals surface area contributed by atoms with Gasteiger partial charge in [0, 0.05) is 19.6 Å². The fourth-order valence-corrected chi connectivity index (χ4v) is 2.48. The number of amides is 2. The number of likely N-dealkylation sites (tertiary alicyclic amines) is 1. The van der Waals surface area contributed by atoms with Crippen LogP contribution in [0.25, 0.3) is 0 Å². The summed E-state index contributed by atoms with van der Waals surface area (Å²) in [7, 11) is 0. The van der Waals surface area contributed by atoms with Gasteiger partial charge in [0.1, 0.15) is 0 Å². The van der Waals surface area contributed by atoms with Gasteiger partial charge >= 0.3 is 6.03 Å². The minimum absolute atomic E-state index is 0.0518. The van der Waals surface area contributed by atoms with E-state index in [1.54, 1.807) is 4.90 Å². The van der Waals surface area contributed by atoms with Crippen LogP contribution in [0.5, 0.6) is 0 Å². The molecular weight excluding hydrogens is 252 g/mol. The first-order valence-corrected chi connectivity index (χ1v) is 7.41. The molecule has 1 aromatic carbocycles. The van der Waals surface area contributed by atoms with Crippen molar-refractivity contribution in [3.63, 3.8) is 0 Å². The number of nitrogens with one attached hydrogen (secondary N) is 1. The summed E-state index contributed by atoms with van der Waals surface area (Å²) < 4.78 is 0. The predicted octanol–water partition coefficient (Wildman–Crippen LogP) is 2.03. The molecule has 0 saturated carbocycles. The van der Waals surface area contributed by atoms with Crippen LogP contribution >= 0.6 is 0 Å². The minimum Gasteiger partial charge on any atom is -0.391 e. The molecule has 0 aromatic heterocycles. The van der Waals surface area contributed by atoms with Gasteiger partial charge in [0.25, 0.3) is 0 Å². The highest BCUT2D eigenvalue weighted by molar-refractivity contribution is 5.74. The molecule has 20 heavy (non-hydrogen) atoms. The molecular formula is C16H24N2O2. The average Bonchev–Trinajstić information content (AvgIpc) is 2.47. The zero-order valence-electron chi connectivity index (χ0n) is 12.1. The number of hydrogen-bond acceptors (Lipinski definition) is 2. The van der Waals surface area contributed by atoms with E-state index in [-0.39, 0.29) is 18.1 Å². The van der Waals surface area contributed by atoms with Crippen LogP contribution in [-0.2, 0) is 6.42 Å². The number of nitrogens with zero attached hydrogens (tertiary/aromatic N) is 1. The van der Waals surface area contributed by atoms with Crippen LogP contribution in [-0.4, -0.2) is 41.8 Å². The van der Waals surface area contributed by atoms with Gasteiger partial charge in [-0.3, -0.25) is 0 Å². The van der Waals surface area contributed by atoms with Gasteiger partial charge in [-0.25, -0.2) is 4.79 Å². The summed E-state index contributed by atoms with van der Waals surface area (Å²) in [5.41, 5.74) is 1.30. The lowest BCUT2D eigenvalue weighted by Gasteiger charge is -2.34. The number of aliphatic hydroxyl groups is 1. The highest BCUT2D eigenvalue weighted by Crippen LogP contribution is 2.16. The van der Waals surface area contributed by atoms with Gasteiger partial charge in [0.05, 0.1) is 6.10 Å².